The van der Waals surface area contributed by atoms with E-state index < -0.39 is 32.1 Å². The van der Waals surface area contributed by atoms with Gasteiger partial charge in [-0.3, -0.25) is 4.98 Å². The quantitative estimate of drug-likeness (QED) is 0.876. The molecule has 0 fully saturated rings. The molecule has 0 saturated heterocycles. The molecule has 0 unspecified atom stereocenters. The minimum absolute atomic E-state index is 0.124. The molecule has 0 amide bonds. The second kappa shape index (κ2) is 5.54. The Morgan fingerprint density at radius 3 is 2.40 bits per heavy atom. The highest BCUT2D eigenvalue weighted by Crippen LogP contribution is 2.23. The van der Waals surface area contributed by atoms with Crippen molar-refractivity contribution in [2.45, 2.75) is 11.3 Å². The molecule has 20 heavy (non-hydrogen) atoms. The number of aromatic nitrogens is 1. The topological polar surface area (TPSA) is 73.1 Å². The van der Waals surface area contributed by atoms with Gasteiger partial charge in [-0.05, 0) is 30.2 Å². The smallest absolute Gasteiger partial charge is 0.184 e. The van der Waals surface area contributed by atoms with Crippen LogP contribution in [0.3, 0.4) is 0 Å². The van der Waals surface area contributed by atoms with Gasteiger partial charge in [0.15, 0.2) is 9.84 Å². The number of hydrogen-bond acceptors (Lipinski definition) is 4. The van der Waals surface area contributed by atoms with Crippen molar-refractivity contribution < 1.29 is 17.2 Å². The number of nitrogen functional groups attached to an aromatic ring is 1. The highest BCUT2D eigenvalue weighted by molar-refractivity contribution is 7.91. The van der Waals surface area contributed by atoms with E-state index in [1.807, 2.05) is 0 Å². The normalized spacial score (nSPS) is 11.5. The second-order valence-corrected chi connectivity index (χ2v) is 6.29. The van der Waals surface area contributed by atoms with Gasteiger partial charge in [-0.1, -0.05) is 6.07 Å². The van der Waals surface area contributed by atoms with E-state index in [1.54, 1.807) is 18.3 Å². The maximum absolute atomic E-state index is 13.6. The van der Waals surface area contributed by atoms with Crippen molar-refractivity contribution in [3.8, 4) is 0 Å². The van der Waals surface area contributed by atoms with E-state index in [0.29, 0.717) is 5.56 Å². The van der Waals surface area contributed by atoms with Crippen LogP contribution in [0.1, 0.15) is 5.56 Å². The van der Waals surface area contributed by atoms with Crippen LogP contribution in [0.2, 0.25) is 0 Å². The van der Waals surface area contributed by atoms with Crippen LogP contribution in [0.15, 0.2) is 41.6 Å². The van der Waals surface area contributed by atoms with Crippen molar-refractivity contribution in [1.29, 1.82) is 0 Å². The zero-order valence-corrected chi connectivity index (χ0v) is 11.2. The van der Waals surface area contributed by atoms with Gasteiger partial charge in [-0.15, -0.1) is 0 Å². The van der Waals surface area contributed by atoms with Gasteiger partial charge in [0, 0.05) is 18.1 Å². The Bertz CT molecular complexity index is 695. The van der Waals surface area contributed by atoms with Crippen molar-refractivity contribution in [1.82, 2.24) is 4.98 Å². The molecular weight excluding hydrogens is 286 g/mol. The number of sulfone groups is 1. The fraction of sp³-hybridized carbons (Fsp3) is 0.154. The van der Waals surface area contributed by atoms with Crippen molar-refractivity contribution in [2.24, 2.45) is 0 Å². The van der Waals surface area contributed by atoms with Crippen LogP contribution in [0.5, 0.6) is 0 Å². The largest absolute Gasteiger partial charge is 0.399 e. The molecule has 2 N–H and O–H groups in total. The number of hydrogen-bond donors (Lipinski definition) is 1. The van der Waals surface area contributed by atoms with Crippen LogP contribution >= 0.6 is 0 Å². The lowest BCUT2D eigenvalue weighted by Crippen LogP contribution is -2.13. The molecule has 0 aliphatic heterocycles. The van der Waals surface area contributed by atoms with E-state index in [0.717, 1.165) is 12.1 Å². The minimum Gasteiger partial charge on any atom is -0.399 e. The average molecular weight is 298 g/mol. The highest BCUT2D eigenvalue weighted by Gasteiger charge is 2.24. The Labute approximate surface area is 115 Å². The first-order valence-electron chi connectivity index (χ1n) is 5.76. The van der Waals surface area contributed by atoms with E-state index in [-0.39, 0.29) is 12.1 Å². The predicted octanol–water partition coefficient (Wildman–Crippen LogP) is 1.96. The fourth-order valence-corrected chi connectivity index (χ4v) is 3.20. The number of nitrogens with zero attached hydrogens (tertiary/aromatic N) is 1. The van der Waals surface area contributed by atoms with Gasteiger partial charge in [-0.2, -0.15) is 0 Å². The summed E-state index contributed by atoms with van der Waals surface area (Å²) in [4.78, 5) is 2.91. The highest BCUT2D eigenvalue weighted by atomic mass is 32.2. The minimum atomic E-state index is -4.07. The Balaban J connectivity index is 2.28. The summed E-state index contributed by atoms with van der Waals surface area (Å²) in [5, 5.41) is 0. The first kappa shape index (κ1) is 14.4. The third kappa shape index (κ3) is 3.11. The van der Waals surface area contributed by atoms with Crippen LogP contribution in [0.25, 0.3) is 0 Å². The van der Waals surface area contributed by atoms with Crippen LogP contribution in [-0.2, 0) is 16.3 Å². The fourth-order valence-electron chi connectivity index (χ4n) is 1.78. The molecule has 4 nitrogen and oxygen atoms in total. The lowest BCUT2D eigenvalue weighted by molar-refractivity contribution is 0.520. The van der Waals surface area contributed by atoms with Gasteiger partial charge in [0.2, 0.25) is 0 Å². The lowest BCUT2D eigenvalue weighted by atomic mass is 10.2. The van der Waals surface area contributed by atoms with E-state index in [9.17, 15) is 17.2 Å². The molecule has 1 heterocycles. The maximum atomic E-state index is 13.6. The van der Waals surface area contributed by atoms with Gasteiger partial charge in [-0.25, -0.2) is 17.2 Å². The molecule has 0 aliphatic rings. The van der Waals surface area contributed by atoms with Crippen molar-refractivity contribution >= 4 is 15.5 Å². The Morgan fingerprint density at radius 2 is 1.85 bits per heavy atom. The van der Waals surface area contributed by atoms with Gasteiger partial charge in [0.1, 0.15) is 16.5 Å². The third-order valence-electron chi connectivity index (χ3n) is 2.71. The van der Waals surface area contributed by atoms with Gasteiger partial charge in [0.05, 0.1) is 5.75 Å². The molecule has 1 aromatic carbocycles. The zero-order valence-electron chi connectivity index (χ0n) is 10.4. The number of benzene rings is 1. The molecule has 7 heteroatoms. The number of pyridine rings is 1. The van der Waals surface area contributed by atoms with E-state index >= 15 is 0 Å². The van der Waals surface area contributed by atoms with Gasteiger partial charge >= 0.3 is 0 Å². The molecule has 0 spiro atoms. The van der Waals surface area contributed by atoms with E-state index in [1.165, 1.54) is 6.20 Å². The number of anilines is 1. The Morgan fingerprint density at radius 1 is 1.20 bits per heavy atom. The number of halogens is 2. The summed E-state index contributed by atoms with van der Waals surface area (Å²) >= 11 is 0. The summed E-state index contributed by atoms with van der Waals surface area (Å²) in [5.41, 5.74) is 5.77. The van der Waals surface area contributed by atoms with Gasteiger partial charge < -0.3 is 5.73 Å². The SMILES string of the molecule is Nc1cc(F)c(S(=O)(=O)CCc2cccnc2)c(F)c1. The average Bonchev–Trinajstić information content (AvgIpc) is 2.36. The molecule has 1 aromatic heterocycles. The summed E-state index contributed by atoms with van der Waals surface area (Å²) < 4.78 is 51.3. The number of nitrogens with two attached hydrogens (primary N) is 1. The summed E-state index contributed by atoms with van der Waals surface area (Å²) in [6.07, 6.45) is 3.18. The predicted molar refractivity (Wildman–Crippen MR) is 70.8 cm³/mol. The second-order valence-electron chi connectivity index (χ2n) is 4.24. The van der Waals surface area contributed by atoms with E-state index in [4.69, 9.17) is 5.73 Å². The molecular formula is C13H12F2N2O2S. The lowest BCUT2D eigenvalue weighted by Gasteiger charge is -2.08. The summed E-state index contributed by atoms with van der Waals surface area (Å²) in [6.45, 7) is 0. The maximum Gasteiger partial charge on any atom is 0.184 e. The number of rotatable bonds is 4. The standard InChI is InChI=1S/C13H12F2N2O2S/c14-11-6-10(16)7-12(15)13(11)20(18,19)5-3-9-2-1-4-17-8-9/h1-2,4,6-8H,3,5,16H2. The summed E-state index contributed by atoms with van der Waals surface area (Å²) in [6, 6.07) is 4.94. The summed E-state index contributed by atoms with van der Waals surface area (Å²) in [5.74, 6) is -2.75. The molecule has 2 rings (SSSR count). The third-order valence-corrected chi connectivity index (χ3v) is 4.47. The van der Waals surface area contributed by atoms with E-state index in [2.05, 4.69) is 4.98 Å². The van der Waals surface area contributed by atoms with Crippen LogP contribution in [-0.4, -0.2) is 19.2 Å². The molecule has 0 saturated carbocycles. The molecule has 106 valence electrons. The van der Waals surface area contributed by atoms with Crippen LogP contribution in [0.4, 0.5) is 14.5 Å². The zero-order chi connectivity index (χ0) is 14.8. The van der Waals surface area contributed by atoms with Gasteiger partial charge in [0.25, 0.3) is 0 Å². The summed E-state index contributed by atoms with van der Waals surface area (Å²) in [7, 11) is -4.07. The van der Waals surface area contributed by atoms with Crippen molar-refractivity contribution in [3.63, 3.8) is 0 Å². The molecule has 0 radical (unpaired) electrons. The first-order valence-corrected chi connectivity index (χ1v) is 7.41. The Kier molecular flexibility index (Phi) is 3.99. The van der Waals surface area contributed by atoms with Crippen LogP contribution in [0, 0.1) is 11.6 Å². The molecule has 0 atom stereocenters. The van der Waals surface area contributed by atoms with Crippen LogP contribution < -0.4 is 5.73 Å². The van der Waals surface area contributed by atoms with Crippen molar-refractivity contribution in [2.75, 3.05) is 11.5 Å². The number of aryl methyl sites for hydroxylation is 1. The molecule has 0 aliphatic carbocycles. The molecule has 0 bridgehead atoms. The van der Waals surface area contributed by atoms with Crippen molar-refractivity contribution in [3.05, 3.63) is 53.9 Å². The Hall–Kier alpha value is -2.02. The molecule has 2 aromatic rings. The first-order chi connectivity index (χ1) is 9.40. The monoisotopic (exact) mass is 298 g/mol.